The summed E-state index contributed by atoms with van der Waals surface area (Å²) in [5, 5.41) is 13.3. The molecule has 2 aliphatic rings. The summed E-state index contributed by atoms with van der Waals surface area (Å²) in [6.45, 7) is 5.56. The first-order valence-corrected chi connectivity index (χ1v) is 9.67. The summed E-state index contributed by atoms with van der Waals surface area (Å²) in [5.41, 5.74) is 1.91. The Bertz CT molecular complexity index is 611. The summed E-state index contributed by atoms with van der Waals surface area (Å²) in [7, 11) is 0. The number of piperidine rings is 1. The highest BCUT2D eigenvalue weighted by molar-refractivity contribution is 7.16. The summed E-state index contributed by atoms with van der Waals surface area (Å²) in [5.74, 6) is 0.741. The van der Waals surface area contributed by atoms with Crippen molar-refractivity contribution in [2.45, 2.75) is 51.9 Å². The van der Waals surface area contributed by atoms with E-state index >= 15 is 0 Å². The van der Waals surface area contributed by atoms with Crippen LogP contribution in [-0.2, 0) is 17.6 Å². The zero-order chi connectivity index (χ0) is 16.2. The average molecular weight is 332 g/mol. The van der Waals surface area contributed by atoms with E-state index in [2.05, 4.69) is 18.3 Å². The Morgan fingerprint density at radius 1 is 1.39 bits per heavy atom. The zero-order valence-electron chi connectivity index (χ0n) is 13.9. The maximum Gasteiger partial charge on any atom is 0.230 e. The van der Waals surface area contributed by atoms with Gasteiger partial charge in [0.1, 0.15) is 11.1 Å². The summed E-state index contributed by atoms with van der Waals surface area (Å²) in [6, 6.07) is 2.32. The van der Waals surface area contributed by atoms with Gasteiger partial charge >= 0.3 is 0 Å². The predicted octanol–water partition coefficient (Wildman–Crippen LogP) is 2.14. The molecule has 1 saturated heterocycles. The molecule has 1 atom stereocenters. The van der Waals surface area contributed by atoms with Crippen molar-refractivity contribution in [2.75, 3.05) is 25.0 Å². The SMILES string of the molecule is C[C@H]1CCc2c(sc(NC(=O)CC[NH+]3CCCCC3)c2C#N)C1. The molecule has 0 aromatic carbocycles. The molecule has 124 valence electrons. The van der Waals surface area contributed by atoms with Crippen molar-refractivity contribution in [3.05, 3.63) is 16.0 Å². The molecule has 1 aliphatic heterocycles. The van der Waals surface area contributed by atoms with Gasteiger partial charge in [0.2, 0.25) is 5.91 Å². The van der Waals surface area contributed by atoms with Gasteiger partial charge in [-0.3, -0.25) is 4.79 Å². The molecule has 2 N–H and O–H groups in total. The smallest absolute Gasteiger partial charge is 0.230 e. The Labute approximate surface area is 142 Å². The lowest BCUT2D eigenvalue weighted by Gasteiger charge is -2.23. The van der Waals surface area contributed by atoms with E-state index in [1.54, 1.807) is 16.2 Å². The van der Waals surface area contributed by atoms with E-state index in [0.29, 0.717) is 12.3 Å². The standard InChI is InChI=1S/C18H25N3OS/c1-13-5-6-14-15(12-19)18(23-16(14)11-13)20-17(22)7-10-21-8-3-2-4-9-21/h13H,2-11H2,1H3,(H,20,22)/p+1/t13-/m0/s1. The van der Waals surface area contributed by atoms with Gasteiger partial charge in [0.15, 0.2) is 0 Å². The van der Waals surface area contributed by atoms with Crippen LogP contribution in [-0.4, -0.2) is 25.5 Å². The van der Waals surface area contributed by atoms with Crippen molar-refractivity contribution in [2.24, 2.45) is 5.92 Å². The molecule has 1 amide bonds. The lowest BCUT2D eigenvalue weighted by atomic mass is 9.89. The quantitative estimate of drug-likeness (QED) is 0.887. The molecular formula is C18H26N3OS+. The lowest BCUT2D eigenvalue weighted by Crippen LogP contribution is -3.12. The van der Waals surface area contributed by atoms with Crippen LogP contribution in [0, 0.1) is 17.2 Å². The largest absolute Gasteiger partial charge is 0.335 e. The second kappa shape index (κ2) is 7.46. The fourth-order valence-electron chi connectivity index (χ4n) is 3.74. The first-order valence-electron chi connectivity index (χ1n) is 8.85. The van der Waals surface area contributed by atoms with Gasteiger partial charge in [-0.2, -0.15) is 5.26 Å². The van der Waals surface area contributed by atoms with Gasteiger partial charge in [0.25, 0.3) is 0 Å². The van der Waals surface area contributed by atoms with E-state index < -0.39 is 0 Å². The lowest BCUT2D eigenvalue weighted by molar-refractivity contribution is -0.904. The normalized spacial score (nSPS) is 21.5. The third-order valence-electron chi connectivity index (χ3n) is 5.14. The van der Waals surface area contributed by atoms with E-state index in [9.17, 15) is 10.1 Å². The van der Waals surface area contributed by atoms with Crippen molar-refractivity contribution in [1.82, 2.24) is 0 Å². The maximum absolute atomic E-state index is 12.3. The molecule has 0 spiro atoms. The van der Waals surface area contributed by atoms with E-state index in [1.807, 2.05) is 0 Å². The van der Waals surface area contributed by atoms with Gasteiger partial charge in [0.05, 0.1) is 31.6 Å². The van der Waals surface area contributed by atoms with Crippen LogP contribution in [0.4, 0.5) is 5.00 Å². The number of carbonyl (C=O) groups is 1. The fraction of sp³-hybridized carbons (Fsp3) is 0.667. The summed E-state index contributed by atoms with van der Waals surface area (Å²) in [6.07, 6.45) is 7.62. The molecular weight excluding hydrogens is 306 g/mol. The van der Waals surface area contributed by atoms with Crippen LogP contribution < -0.4 is 10.2 Å². The van der Waals surface area contributed by atoms with Gasteiger partial charge < -0.3 is 10.2 Å². The van der Waals surface area contributed by atoms with Crippen LogP contribution in [0.25, 0.3) is 0 Å². The first-order chi connectivity index (χ1) is 11.2. The number of quaternary nitrogens is 1. The minimum absolute atomic E-state index is 0.0613. The Balaban J connectivity index is 1.61. The highest BCUT2D eigenvalue weighted by Gasteiger charge is 2.25. The molecule has 0 bridgehead atoms. The number of amides is 1. The van der Waals surface area contributed by atoms with Crippen LogP contribution in [0.2, 0.25) is 0 Å². The Morgan fingerprint density at radius 2 is 2.17 bits per heavy atom. The number of carbonyl (C=O) groups excluding carboxylic acids is 1. The van der Waals surface area contributed by atoms with Crippen LogP contribution in [0.1, 0.15) is 55.0 Å². The van der Waals surface area contributed by atoms with Crippen LogP contribution in [0.3, 0.4) is 0 Å². The Kier molecular flexibility index (Phi) is 5.34. The molecule has 5 heteroatoms. The van der Waals surface area contributed by atoms with Crippen LogP contribution >= 0.6 is 11.3 Å². The van der Waals surface area contributed by atoms with Gasteiger partial charge in [-0.15, -0.1) is 11.3 Å². The molecule has 1 aromatic rings. The third kappa shape index (κ3) is 3.94. The molecule has 23 heavy (non-hydrogen) atoms. The highest BCUT2D eigenvalue weighted by atomic mass is 32.1. The second-order valence-corrected chi connectivity index (χ2v) is 8.13. The van der Waals surface area contributed by atoms with Gasteiger partial charge in [-0.05, 0) is 50.0 Å². The topological polar surface area (TPSA) is 57.3 Å². The molecule has 4 nitrogen and oxygen atoms in total. The van der Waals surface area contributed by atoms with Crippen LogP contribution in [0.5, 0.6) is 0 Å². The maximum atomic E-state index is 12.3. The number of hydrogen-bond donors (Lipinski definition) is 2. The van der Waals surface area contributed by atoms with Crippen molar-refractivity contribution in [1.29, 1.82) is 5.26 Å². The van der Waals surface area contributed by atoms with Gasteiger partial charge in [-0.1, -0.05) is 6.92 Å². The number of hydrogen-bond acceptors (Lipinski definition) is 3. The van der Waals surface area contributed by atoms with E-state index in [-0.39, 0.29) is 5.91 Å². The fourth-order valence-corrected chi connectivity index (χ4v) is 5.12. The number of nitrogens with one attached hydrogen (secondary N) is 2. The van der Waals surface area contributed by atoms with E-state index in [1.165, 1.54) is 42.8 Å². The molecule has 0 unspecified atom stereocenters. The number of nitrogens with zero attached hydrogens (tertiary/aromatic N) is 1. The summed E-state index contributed by atoms with van der Waals surface area (Å²) < 4.78 is 0. The second-order valence-electron chi connectivity index (χ2n) is 7.03. The highest BCUT2D eigenvalue weighted by Crippen LogP contribution is 2.39. The van der Waals surface area contributed by atoms with Crippen molar-refractivity contribution in [3.8, 4) is 6.07 Å². The third-order valence-corrected chi connectivity index (χ3v) is 6.31. The van der Waals surface area contributed by atoms with E-state index in [4.69, 9.17) is 0 Å². The molecule has 0 saturated carbocycles. The van der Waals surface area contributed by atoms with Crippen molar-refractivity contribution >= 4 is 22.2 Å². The monoisotopic (exact) mass is 332 g/mol. The number of likely N-dealkylation sites (tertiary alicyclic amines) is 1. The number of anilines is 1. The molecule has 1 fully saturated rings. The molecule has 2 heterocycles. The summed E-state index contributed by atoms with van der Waals surface area (Å²) >= 11 is 1.62. The zero-order valence-corrected chi connectivity index (χ0v) is 14.7. The van der Waals surface area contributed by atoms with E-state index in [0.717, 1.165) is 36.4 Å². The summed E-state index contributed by atoms with van der Waals surface area (Å²) in [4.78, 5) is 15.1. The molecule has 0 radical (unpaired) electrons. The van der Waals surface area contributed by atoms with Gasteiger partial charge in [-0.25, -0.2) is 0 Å². The minimum atomic E-state index is 0.0613. The minimum Gasteiger partial charge on any atom is -0.335 e. The number of rotatable bonds is 4. The number of nitriles is 1. The number of thiophene rings is 1. The van der Waals surface area contributed by atoms with Crippen LogP contribution in [0.15, 0.2) is 0 Å². The number of fused-ring (bicyclic) bond motifs is 1. The first kappa shape index (κ1) is 16.5. The van der Waals surface area contributed by atoms with Gasteiger partial charge in [0, 0.05) is 4.88 Å². The van der Waals surface area contributed by atoms with Crippen molar-refractivity contribution < 1.29 is 9.69 Å². The predicted molar refractivity (Wildman–Crippen MR) is 92.9 cm³/mol. The average Bonchev–Trinajstić information content (AvgIpc) is 2.89. The van der Waals surface area contributed by atoms with Crippen molar-refractivity contribution in [3.63, 3.8) is 0 Å². The Morgan fingerprint density at radius 3 is 2.91 bits per heavy atom. The Hall–Kier alpha value is -1.38. The molecule has 1 aliphatic carbocycles. The molecule has 3 rings (SSSR count). The molecule has 1 aromatic heterocycles.